The number of amides is 2. The number of aliphatic hydroxyl groups is 1. The number of hydrogen-bond acceptors (Lipinski definition) is 6. The molecule has 16 heavy (non-hydrogen) atoms. The molecular formula is C8H13NO7. The van der Waals surface area contributed by atoms with Crippen molar-refractivity contribution in [2.75, 3.05) is 20.3 Å². The second kappa shape index (κ2) is 7.60. The lowest BCUT2D eigenvalue weighted by Crippen LogP contribution is -2.31. The number of aliphatic hydroxyl groups excluding tert-OH is 1. The zero-order valence-corrected chi connectivity index (χ0v) is 8.71. The van der Waals surface area contributed by atoms with Crippen LogP contribution in [0.25, 0.3) is 0 Å². The van der Waals surface area contributed by atoms with Crippen LogP contribution in [0.5, 0.6) is 0 Å². The van der Waals surface area contributed by atoms with E-state index < -0.39 is 18.0 Å². The van der Waals surface area contributed by atoms with Crippen LogP contribution in [0.4, 0.5) is 4.79 Å². The van der Waals surface area contributed by atoms with Crippen molar-refractivity contribution in [1.29, 1.82) is 0 Å². The SMILES string of the molecule is COCCO.O=C(O)ON1C(=O)CCC1=O. The Hall–Kier alpha value is -1.67. The molecule has 0 radical (unpaired) electrons. The first kappa shape index (κ1) is 14.3. The highest BCUT2D eigenvalue weighted by molar-refractivity contribution is 6.01. The summed E-state index contributed by atoms with van der Waals surface area (Å²) in [5.41, 5.74) is 0. The summed E-state index contributed by atoms with van der Waals surface area (Å²) in [6.45, 7) is 0.566. The molecule has 0 saturated carbocycles. The first-order valence-corrected chi connectivity index (χ1v) is 4.39. The van der Waals surface area contributed by atoms with Crippen LogP contribution in [0.1, 0.15) is 12.8 Å². The van der Waals surface area contributed by atoms with Gasteiger partial charge in [0.15, 0.2) is 0 Å². The Morgan fingerprint density at radius 2 is 1.88 bits per heavy atom. The topological polar surface area (TPSA) is 113 Å². The molecule has 8 heteroatoms. The maximum atomic E-state index is 10.6. The Kier molecular flexibility index (Phi) is 6.81. The van der Waals surface area contributed by atoms with E-state index in [-0.39, 0.29) is 24.5 Å². The second-order valence-electron chi connectivity index (χ2n) is 2.66. The lowest BCUT2D eigenvalue weighted by molar-refractivity contribution is -0.175. The molecule has 1 aliphatic heterocycles. The summed E-state index contributed by atoms with van der Waals surface area (Å²) in [5, 5.41) is 16.2. The zero-order valence-electron chi connectivity index (χ0n) is 8.71. The molecule has 2 N–H and O–H groups in total. The predicted molar refractivity (Wildman–Crippen MR) is 49.2 cm³/mol. The maximum absolute atomic E-state index is 10.6. The molecule has 0 spiro atoms. The lowest BCUT2D eigenvalue weighted by atomic mass is 10.4. The highest BCUT2D eigenvalue weighted by Crippen LogP contribution is 2.11. The van der Waals surface area contributed by atoms with Crippen LogP contribution in [0, 0.1) is 0 Å². The predicted octanol–water partition coefficient (Wildman–Crippen LogP) is -0.630. The Labute approximate surface area is 91.3 Å². The third-order valence-electron chi connectivity index (χ3n) is 1.47. The minimum atomic E-state index is -1.66. The average Bonchev–Trinajstić information content (AvgIpc) is 2.51. The molecule has 0 bridgehead atoms. The number of ether oxygens (including phenoxy) is 1. The van der Waals surface area contributed by atoms with Crippen molar-refractivity contribution in [2.24, 2.45) is 0 Å². The van der Waals surface area contributed by atoms with E-state index in [2.05, 4.69) is 9.57 Å². The van der Waals surface area contributed by atoms with Crippen molar-refractivity contribution in [2.45, 2.75) is 12.8 Å². The third kappa shape index (κ3) is 5.27. The molecule has 0 aromatic heterocycles. The fourth-order valence-corrected chi connectivity index (χ4v) is 0.827. The van der Waals surface area contributed by atoms with E-state index in [1.165, 1.54) is 0 Å². The Morgan fingerprint density at radius 1 is 1.38 bits per heavy atom. The van der Waals surface area contributed by atoms with Crippen LogP contribution in [0.15, 0.2) is 0 Å². The summed E-state index contributed by atoms with van der Waals surface area (Å²) in [6, 6.07) is 0. The minimum absolute atomic E-state index is 0.0200. The molecule has 92 valence electrons. The Balaban J connectivity index is 0.000000385. The van der Waals surface area contributed by atoms with Crippen LogP contribution < -0.4 is 0 Å². The fourth-order valence-electron chi connectivity index (χ4n) is 0.827. The molecule has 1 saturated heterocycles. The number of methoxy groups -OCH3 is 1. The number of imide groups is 1. The van der Waals surface area contributed by atoms with Gasteiger partial charge in [0, 0.05) is 20.0 Å². The first-order valence-electron chi connectivity index (χ1n) is 4.39. The van der Waals surface area contributed by atoms with Crippen LogP contribution in [0.2, 0.25) is 0 Å². The molecule has 0 unspecified atom stereocenters. The third-order valence-corrected chi connectivity index (χ3v) is 1.47. The van der Waals surface area contributed by atoms with Crippen molar-refractivity contribution < 1.29 is 34.2 Å². The molecule has 0 atom stereocenters. The number of rotatable bonds is 3. The first-order chi connectivity index (χ1) is 7.52. The molecule has 1 fully saturated rings. The fraction of sp³-hybridized carbons (Fsp3) is 0.625. The Morgan fingerprint density at radius 3 is 2.12 bits per heavy atom. The quantitative estimate of drug-likeness (QED) is 0.626. The molecule has 2 amide bonds. The number of nitrogens with zero attached hydrogens (tertiary/aromatic N) is 1. The van der Waals surface area contributed by atoms with Crippen molar-refractivity contribution in [3.63, 3.8) is 0 Å². The van der Waals surface area contributed by atoms with Crippen LogP contribution in [0.3, 0.4) is 0 Å². The summed E-state index contributed by atoms with van der Waals surface area (Å²) in [7, 11) is 1.55. The molecule has 1 rings (SSSR count). The summed E-state index contributed by atoms with van der Waals surface area (Å²) in [5.74, 6) is -1.23. The lowest BCUT2D eigenvalue weighted by Gasteiger charge is -2.08. The van der Waals surface area contributed by atoms with Crippen molar-refractivity contribution in [3.05, 3.63) is 0 Å². The van der Waals surface area contributed by atoms with Gasteiger partial charge in [-0.1, -0.05) is 5.06 Å². The molecule has 8 nitrogen and oxygen atoms in total. The second-order valence-corrected chi connectivity index (χ2v) is 2.66. The molecule has 0 aromatic carbocycles. The zero-order chi connectivity index (χ0) is 12.6. The van der Waals surface area contributed by atoms with E-state index in [1.807, 2.05) is 0 Å². The van der Waals surface area contributed by atoms with Crippen molar-refractivity contribution in [3.8, 4) is 0 Å². The van der Waals surface area contributed by atoms with Crippen LogP contribution in [-0.4, -0.2) is 53.6 Å². The number of carbonyl (C=O) groups is 3. The number of carboxylic acid groups (broad SMARTS) is 1. The van der Waals surface area contributed by atoms with Crippen molar-refractivity contribution >= 4 is 18.0 Å². The Bertz CT molecular complexity index is 247. The van der Waals surface area contributed by atoms with Crippen LogP contribution in [-0.2, 0) is 19.2 Å². The van der Waals surface area contributed by atoms with E-state index in [9.17, 15) is 14.4 Å². The normalized spacial score (nSPS) is 14.5. The van der Waals surface area contributed by atoms with E-state index >= 15 is 0 Å². The molecule has 1 aliphatic rings. The van der Waals surface area contributed by atoms with Gasteiger partial charge in [-0.25, -0.2) is 4.79 Å². The number of hydroxylamine groups is 2. The summed E-state index contributed by atoms with van der Waals surface area (Å²) >= 11 is 0. The average molecular weight is 235 g/mol. The van der Waals surface area contributed by atoms with Gasteiger partial charge in [0.05, 0.1) is 13.2 Å². The van der Waals surface area contributed by atoms with E-state index in [0.717, 1.165) is 0 Å². The van der Waals surface area contributed by atoms with Gasteiger partial charge in [-0.05, 0) is 0 Å². The van der Waals surface area contributed by atoms with Gasteiger partial charge < -0.3 is 14.9 Å². The molecule has 0 aliphatic carbocycles. The van der Waals surface area contributed by atoms with Gasteiger partial charge in [-0.2, -0.15) is 0 Å². The highest BCUT2D eigenvalue weighted by Gasteiger charge is 2.32. The summed E-state index contributed by atoms with van der Waals surface area (Å²) < 4.78 is 4.44. The maximum Gasteiger partial charge on any atom is 0.531 e. The van der Waals surface area contributed by atoms with E-state index in [0.29, 0.717) is 6.61 Å². The minimum Gasteiger partial charge on any atom is -0.448 e. The molecular weight excluding hydrogens is 222 g/mol. The van der Waals surface area contributed by atoms with Gasteiger partial charge in [0.1, 0.15) is 0 Å². The van der Waals surface area contributed by atoms with Crippen molar-refractivity contribution in [1.82, 2.24) is 5.06 Å². The van der Waals surface area contributed by atoms with Gasteiger partial charge in [0.25, 0.3) is 11.8 Å². The monoisotopic (exact) mass is 235 g/mol. The molecule has 1 heterocycles. The van der Waals surface area contributed by atoms with Gasteiger partial charge in [-0.15, -0.1) is 0 Å². The number of carbonyl (C=O) groups excluding carboxylic acids is 2. The van der Waals surface area contributed by atoms with E-state index in [4.69, 9.17) is 10.2 Å². The van der Waals surface area contributed by atoms with Gasteiger partial charge in [0.2, 0.25) is 0 Å². The summed E-state index contributed by atoms with van der Waals surface area (Å²) in [6.07, 6.45) is -1.62. The van der Waals surface area contributed by atoms with Crippen LogP contribution >= 0.6 is 0 Å². The standard InChI is InChI=1S/C5H5NO5.C3H8O2/c7-3-1-2-4(8)6(3)11-5(9)10;1-5-3-2-4/h1-2H2,(H,9,10);4H,2-3H2,1H3. The number of hydrogen-bond donors (Lipinski definition) is 2. The summed E-state index contributed by atoms with van der Waals surface area (Å²) in [4.78, 5) is 35.0. The van der Waals surface area contributed by atoms with E-state index in [1.54, 1.807) is 7.11 Å². The van der Waals surface area contributed by atoms with Gasteiger partial charge in [-0.3, -0.25) is 14.4 Å². The highest BCUT2D eigenvalue weighted by atomic mass is 16.8. The smallest absolute Gasteiger partial charge is 0.448 e. The largest absolute Gasteiger partial charge is 0.531 e. The van der Waals surface area contributed by atoms with Gasteiger partial charge >= 0.3 is 6.16 Å². The molecule has 0 aromatic rings.